The fourth-order valence-electron chi connectivity index (χ4n) is 5.18. The molecule has 0 aromatic carbocycles. The van der Waals surface area contributed by atoms with Crippen LogP contribution in [0.2, 0.25) is 0 Å². The molecule has 1 heterocycles. The first kappa shape index (κ1) is 9.98. The number of aryl methyl sites for hydroxylation is 1. The number of nitrogen functional groups attached to an aromatic ring is 1. The van der Waals surface area contributed by atoms with E-state index in [9.17, 15) is 0 Å². The topological polar surface area (TPSA) is 54.7 Å². The monoisotopic (exact) mass is 231 g/mol. The van der Waals surface area contributed by atoms with Crippen LogP contribution in [0.15, 0.2) is 0 Å². The SMILES string of the molecule is Cc1nc(N)c(C2C3CC4CC(C3)CC2C4)[nH]1. The van der Waals surface area contributed by atoms with Crippen LogP contribution in [-0.4, -0.2) is 9.97 Å². The molecule has 3 N–H and O–H groups in total. The van der Waals surface area contributed by atoms with Gasteiger partial charge in [0.2, 0.25) is 0 Å². The molecule has 0 saturated heterocycles. The average molecular weight is 231 g/mol. The molecule has 3 heteroatoms. The van der Waals surface area contributed by atoms with Gasteiger partial charge in [0.25, 0.3) is 0 Å². The lowest BCUT2D eigenvalue weighted by Crippen LogP contribution is -2.44. The second kappa shape index (κ2) is 3.27. The van der Waals surface area contributed by atoms with Crippen LogP contribution < -0.4 is 5.73 Å². The smallest absolute Gasteiger partial charge is 0.145 e. The van der Waals surface area contributed by atoms with E-state index < -0.39 is 0 Å². The predicted molar refractivity (Wildman–Crippen MR) is 67.5 cm³/mol. The zero-order chi connectivity index (χ0) is 11.6. The molecule has 0 atom stereocenters. The molecule has 4 aliphatic carbocycles. The van der Waals surface area contributed by atoms with E-state index in [0.29, 0.717) is 5.92 Å². The first-order chi connectivity index (χ1) is 8.20. The molecule has 0 radical (unpaired) electrons. The molecular weight excluding hydrogens is 210 g/mol. The molecule has 0 spiro atoms. The van der Waals surface area contributed by atoms with Gasteiger partial charge in [0, 0.05) is 5.92 Å². The number of hydrogen-bond acceptors (Lipinski definition) is 2. The van der Waals surface area contributed by atoms with Crippen molar-refractivity contribution in [2.24, 2.45) is 23.7 Å². The predicted octanol–water partition coefficient (Wildman–Crippen LogP) is 2.84. The van der Waals surface area contributed by atoms with Crippen molar-refractivity contribution in [3.63, 3.8) is 0 Å². The van der Waals surface area contributed by atoms with E-state index in [1.807, 2.05) is 6.92 Å². The van der Waals surface area contributed by atoms with E-state index in [1.165, 1.54) is 37.8 Å². The van der Waals surface area contributed by atoms with E-state index in [4.69, 9.17) is 5.73 Å². The minimum atomic E-state index is 0.684. The van der Waals surface area contributed by atoms with Crippen LogP contribution in [0.1, 0.15) is 49.5 Å². The molecule has 1 aromatic heterocycles. The van der Waals surface area contributed by atoms with Crippen molar-refractivity contribution in [2.75, 3.05) is 5.73 Å². The number of rotatable bonds is 1. The maximum Gasteiger partial charge on any atom is 0.145 e. The van der Waals surface area contributed by atoms with Gasteiger partial charge in [-0.05, 0) is 62.7 Å². The summed E-state index contributed by atoms with van der Waals surface area (Å²) in [6, 6.07) is 0. The Hall–Kier alpha value is -0.990. The van der Waals surface area contributed by atoms with Crippen LogP contribution in [0.3, 0.4) is 0 Å². The quantitative estimate of drug-likeness (QED) is 0.781. The van der Waals surface area contributed by atoms with Crippen molar-refractivity contribution < 1.29 is 0 Å². The lowest BCUT2D eigenvalue weighted by molar-refractivity contribution is -0.00379. The molecule has 4 bridgehead atoms. The van der Waals surface area contributed by atoms with Crippen LogP contribution in [0, 0.1) is 30.6 Å². The Morgan fingerprint density at radius 2 is 1.65 bits per heavy atom. The number of nitrogens with one attached hydrogen (secondary N) is 1. The Labute approximate surface area is 102 Å². The third-order valence-electron chi connectivity index (χ3n) is 5.44. The first-order valence-corrected chi connectivity index (χ1v) is 7.02. The largest absolute Gasteiger partial charge is 0.382 e. The summed E-state index contributed by atoms with van der Waals surface area (Å²) < 4.78 is 0. The van der Waals surface area contributed by atoms with E-state index in [1.54, 1.807) is 0 Å². The summed E-state index contributed by atoms with van der Waals surface area (Å²) in [6.45, 7) is 2.01. The average Bonchev–Trinajstić information content (AvgIpc) is 2.56. The maximum absolute atomic E-state index is 6.08. The highest BCUT2D eigenvalue weighted by atomic mass is 15.0. The summed E-state index contributed by atoms with van der Waals surface area (Å²) in [4.78, 5) is 7.80. The minimum absolute atomic E-state index is 0.684. The third-order valence-corrected chi connectivity index (χ3v) is 5.44. The second-order valence-corrected chi connectivity index (χ2v) is 6.58. The summed E-state index contributed by atoms with van der Waals surface area (Å²) in [5.41, 5.74) is 7.34. The van der Waals surface area contributed by atoms with Gasteiger partial charge in [0.1, 0.15) is 11.6 Å². The van der Waals surface area contributed by atoms with Crippen LogP contribution >= 0.6 is 0 Å². The molecule has 0 amide bonds. The summed E-state index contributed by atoms with van der Waals surface area (Å²) in [5, 5.41) is 0. The highest BCUT2D eigenvalue weighted by Crippen LogP contribution is 2.60. The summed E-state index contributed by atoms with van der Waals surface area (Å²) in [7, 11) is 0. The highest BCUT2D eigenvalue weighted by Gasteiger charge is 2.49. The fourth-order valence-corrected chi connectivity index (χ4v) is 5.18. The van der Waals surface area contributed by atoms with Crippen molar-refractivity contribution in [3.8, 4) is 0 Å². The number of imidazole rings is 1. The molecule has 5 rings (SSSR count). The zero-order valence-corrected chi connectivity index (χ0v) is 10.4. The molecule has 17 heavy (non-hydrogen) atoms. The van der Waals surface area contributed by atoms with E-state index >= 15 is 0 Å². The van der Waals surface area contributed by atoms with Gasteiger partial charge in [-0.2, -0.15) is 0 Å². The molecule has 92 valence electrons. The Kier molecular flexibility index (Phi) is 1.92. The maximum atomic E-state index is 6.08. The summed E-state index contributed by atoms with van der Waals surface area (Å²) in [5.74, 6) is 6.25. The van der Waals surface area contributed by atoms with Gasteiger partial charge in [-0.25, -0.2) is 4.98 Å². The fraction of sp³-hybridized carbons (Fsp3) is 0.786. The summed E-state index contributed by atoms with van der Waals surface area (Å²) >= 11 is 0. The normalized spacial score (nSPS) is 43.2. The van der Waals surface area contributed by atoms with Crippen molar-refractivity contribution in [1.82, 2.24) is 9.97 Å². The molecular formula is C14H21N3. The number of anilines is 1. The van der Waals surface area contributed by atoms with Gasteiger partial charge in [-0.3, -0.25) is 0 Å². The van der Waals surface area contributed by atoms with Gasteiger partial charge < -0.3 is 10.7 Å². The number of aromatic nitrogens is 2. The molecule has 1 aromatic rings. The van der Waals surface area contributed by atoms with Gasteiger partial charge in [0.15, 0.2) is 0 Å². The number of nitrogens with zero attached hydrogens (tertiary/aromatic N) is 1. The number of H-pyrrole nitrogens is 1. The Bertz CT molecular complexity index is 420. The van der Waals surface area contributed by atoms with Gasteiger partial charge in [-0.15, -0.1) is 0 Å². The van der Waals surface area contributed by atoms with Crippen LogP contribution in [-0.2, 0) is 0 Å². The van der Waals surface area contributed by atoms with Crippen molar-refractivity contribution in [1.29, 1.82) is 0 Å². The van der Waals surface area contributed by atoms with Crippen molar-refractivity contribution in [2.45, 2.75) is 44.9 Å². The van der Waals surface area contributed by atoms with Crippen LogP contribution in [0.4, 0.5) is 5.82 Å². The number of nitrogens with two attached hydrogens (primary N) is 1. The standard InChI is InChI=1S/C14H21N3/c1-7-16-13(14(15)17-7)12-10-3-8-2-9(5-10)6-11(12)4-8/h8-12H,2-6,15H2,1H3,(H,16,17). The first-order valence-electron chi connectivity index (χ1n) is 7.02. The van der Waals surface area contributed by atoms with Gasteiger partial charge in [-0.1, -0.05) is 0 Å². The second-order valence-electron chi connectivity index (χ2n) is 6.58. The van der Waals surface area contributed by atoms with E-state index in [0.717, 1.165) is 35.3 Å². The van der Waals surface area contributed by atoms with Crippen molar-refractivity contribution >= 4 is 5.82 Å². The highest BCUT2D eigenvalue weighted by molar-refractivity contribution is 5.40. The molecule has 0 aliphatic heterocycles. The molecule has 0 unspecified atom stereocenters. The number of hydrogen-bond donors (Lipinski definition) is 2. The van der Waals surface area contributed by atoms with Crippen LogP contribution in [0.5, 0.6) is 0 Å². The van der Waals surface area contributed by atoms with Gasteiger partial charge in [0.05, 0.1) is 5.69 Å². The van der Waals surface area contributed by atoms with E-state index in [2.05, 4.69) is 9.97 Å². The molecule has 4 fully saturated rings. The van der Waals surface area contributed by atoms with E-state index in [-0.39, 0.29) is 0 Å². The molecule has 4 aliphatic rings. The Morgan fingerprint density at radius 3 is 2.12 bits per heavy atom. The van der Waals surface area contributed by atoms with Crippen molar-refractivity contribution in [3.05, 3.63) is 11.5 Å². The van der Waals surface area contributed by atoms with Gasteiger partial charge >= 0.3 is 0 Å². The minimum Gasteiger partial charge on any atom is -0.382 e. The Morgan fingerprint density at radius 1 is 1.06 bits per heavy atom. The molecule has 3 nitrogen and oxygen atoms in total. The lowest BCUT2D eigenvalue weighted by Gasteiger charge is -2.54. The summed E-state index contributed by atoms with van der Waals surface area (Å²) in [6.07, 6.45) is 7.27. The third kappa shape index (κ3) is 1.37. The molecule has 4 saturated carbocycles. The Balaban J connectivity index is 1.72. The number of aromatic amines is 1. The van der Waals surface area contributed by atoms with Crippen LogP contribution in [0.25, 0.3) is 0 Å². The zero-order valence-electron chi connectivity index (χ0n) is 10.4. The lowest BCUT2D eigenvalue weighted by atomic mass is 9.51.